The van der Waals surface area contributed by atoms with Crippen molar-refractivity contribution in [3.8, 4) is 5.75 Å². The maximum absolute atomic E-state index is 12.3. The molecule has 0 spiro atoms. The van der Waals surface area contributed by atoms with E-state index < -0.39 is 0 Å². The van der Waals surface area contributed by atoms with Crippen LogP contribution in [0.1, 0.15) is 10.4 Å². The molecule has 2 aromatic carbocycles. The Morgan fingerprint density at radius 1 is 1.12 bits per heavy atom. The van der Waals surface area contributed by atoms with Gasteiger partial charge in [0.05, 0.1) is 7.11 Å². The van der Waals surface area contributed by atoms with Crippen LogP contribution in [-0.2, 0) is 6.54 Å². The van der Waals surface area contributed by atoms with E-state index in [4.69, 9.17) is 4.74 Å². The lowest BCUT2D eigenvalue weighted by Gasteiger charge is -2.08. The quantitative estimate of drug-likeness (QED) is 0.587. The zero-order chi connectivity index (χ0) is 17.2. The number of aromatic amines is 1. The largest absolute Gasteiger partial charge is 0.497 e. The summed E-state index contributed by atoms with van der Waals surface area (Å²) in [5.74, 6) is 0.785. The van der Waals surface area contributed by atoms with Gasteiger partial charge in [0, 0.05) is 47.5 Å². The third kappa shape index (κ3) is 2.96. The van der Waals surface area contributed by atoms with Crippen LogP contribution in [0, 0.1) is 0 Å². The van der Waals surface area contributed by atoms with Gasteiger partial charge in [0.15, 0.2) is 0 Å². The number of carbonyl (C=O) groups excluding carboxylic acids is 1. The van der Waals surface area contributed by atoms with Gasteiger partial charge >= 0.3 is 0 Å². The maximum atomic E-state index is 12.3. The fourth-order valence-electron chi connectivity index (χ4n) is 3.08. The van der Waals surface area contributed by atoms with Gasteiger partial charge < -0.3 is 19.6 Å². The van der Waals surface area contributed by atoms with Gasteiger partial charge in [-0.15, -0.1) is 0 Å². The number of carbonyl (C=O) groups is 1. The van der Waals surface area contributed by atoms with Crippen LogP contribution in [0.4, 0.5) is 0 Å². The molecule has 2 heterocycles. The van der Waals surface area contributed by atoms with E-state index in [1.807, 2.05) is 54.9 Å². The van der Waals surface area contributed by atoms with Crippen molar-refractivity contribution < 1.29 is 9.53 Å². The number of fused-ring (bicyclic) bond motifs is 2. The van der Waals surface area contributed by atoms with Crippen LogP contribution < -0.4 is 10.1 Å². The highest BCUT2D eigenvalue weighted by molar-refractivity contribution is 5.97. The maximum Gasteiger partial charge on any atom is 0.251 e. The van der Waals surface area contributed by atoms with Gasteiger partial charge in [0.25, 0.3) is 5.91 Å². The SMILES string of the molecule is COc1ccc2c(ccn2CCNC(=O)c2ccc3cc[nH]c3c2)c1. The summed E-state index contributed by atoms with van der Waals surface area (Å²) >= 11 is 0. The van der Waals surface area contributed by atoms with Crippen molar-refractivity contribution in [1.82, 2.24) is 14.9 Å². The molecule has 1 amide bonds. The standard InChI is InChI=1S/C20H19N3O2/c1-25-17-4-5-19-15(12-17)7-10-23(19)11-9-22-20(24)16-3-2-14-6-8-21-18(14)13-16/h2-8,10,12-13,21H,9,11H2,1H3,(H,22,24). The van der Waals surface area contributed by atoms with E-state index in [9.17, 15) is 4.79 Å². The van der Waals surface area contributed by atoms with Crippen LogP contribution in [0.3, 0.4) is 0 Å². The molecule has 2 aromatic heterocycles. The summed E-state index contributed by atoms with van der Waals surface area (Å²) in [6, 6.07) is 15.7. The van der Waals surface area contributed by atoms with Crippen LogP contribution in [0.25, 0.3) is 21.8 Å². The lowest BCUT2D eigenvalue weighted by Crippen LogP contribution is -2.27. The Morgan fingerprint density at radius 3 is 2.92 bits per heavy atom. The summed E-state index contributed by atoms with van der Waals surface area (Å²) in [4.78, 5) is 15.5. The average Bonchev–Trinajstić information content (AvgIpc) is 3.27. The molecule has 5 heteroatoms. The average molecular weight is 333 g/mol. The van der Waals surface area contributed by atoms with Crippen molar-refractivity contribution >= 4 is 27.7 Å². The second kappa shape index (κ2) is 6.36. The Hall–Kier alpha value is -3.21. The number of amides is 1. The zero-order valence-corrected chi connectivity index (χ0v) is 14.0. The van der Waals surface area contributed by atoms with Crippen molar-refractivity contribution in [3.05, 3.63) is 66.5 Å². The Kier molecular flexibility index (Phi) is 3.90. The van der Waals surface area contributed by atoms with Gasteiger partial charge in [-0.3, -0.25) is 4.79 Å². The van der Waals surface area contributed by atoms with Crippen molar-refractivity contribution in [1.29, 1.82) is 0 Å². The molecule has 2 N–H and O–H groups in total. The molecule has 0 fully saturated rings. The van der Waals surface area contributed by atoms with Gasteiger partial charge in [0.1, 0.15) is 5.75 Å². The Balaban J connectivity index is 1.42. The molecule has 0 saturated heterocycles. The number of hydrogen-bond acceptors (Lipinski definition) is 2. The van der Waals surface area contributed by atoms with Crippen molar-refractivity contribution in [2.45, 2.75) is 6.54 Å². The summed E-state index contributed by atoms with van der Waals surface area (Å²) in [5, 5.41) is 5.21. The van der Waals surface area contributed by atoms with Crippen LogP contribution in [0.2, 0.25) is 0 Å². The molecule has 0 atom stereocenters. The highest BCUT2D eigenvalue weighted by Crippen LogP contribution is 2.21. The number of aromatic nitrogens is 2. The van der Waals surface area contributed by atoms with Gasteiger partial charge in [0.2, 0.25) is 0 Å². The summed E-state index contributed by atoms with van der Waals surface area (Å²) in [6.07, 6.45) is 3.90. The first-order valence-electron chi connectivity index (χ1n) is 8.23. The predicted molar refractivity (Wildman–Crippen MR) is 99.1 cm³/mol. The molecule has 5 nitrogen and oxygen atoms in total. The van der Waals surface area contributed by atoms with E-state index in [2.05, 4.69) is 20.9 Å². The van der Waals surface area contributed by atoms with Crippen molar-refractivity contribution in [2.24, 2.45) is 0 Å². The summed E-state index contributed by atoms with van der Waals surface area (Å²) in [7, 11) is 1.66. The van der Waals surface area contributed by atoms with Crippen LogP contribution in [-0.4, -0.2) is 29.1 Å². The minimum absolute atomic E-state index is 0.0605. The Labute approximate surface area is 145 Å². The van der Waals surface area contributed by atoms with Gasteiger partial charge in [-0.25, -0.2) is 0 Å². The first-order valence-corrected chi connectivity index (χ1v) is 8.23. The molecule has 0 aliphatic heterocycles. The minimum Gasteiger partial charge on any atom is -0.497 e. The molecule has 0 aliphatic carbocycles. The van der Waals surface area contributed by atoms with E-state index in [0.717, 1.165) is 27.6 Å². The molecule has 0 aliphatic rings. The van der Waals surface area contributed by atoms with Crippen LogP contribution >= 0.6 is 0 Å². The van der Waals surface area contributed by atoms with Gasteiger partial charge in [-0.2, -0.15) is 0 Å². The van der Waals surface area contributed by atoms with E-state index in [0.29, 0.717) is 18.7 Å². The molecule has 4 aromatic rings. The predicted octanol–water partition coefficient (Wildman–Crippen LogP) is 3.56. The molecular weight excluding hydrogens is 314 g/mol. The van der Waals surface area contributed by atoms with Crippen LogP contribution in [0.5, 0.6) is 5.75 Å². The monoisotopic (exact) mass is 333 g/mol. The fraction of sp³-hybridized carbons (Fsp3) is 0.150. The lowest BCUT2D eigenvalue weighted by atomic mass is 10.1. The molecule has 126 valence electrons. The summed E-state index contributed by atoms with van der Waals surface area (Å²) < 4.78 is 7.38. The third-order valence-electron chi connectivity index (χ3n) is 4.43. The Bertz CT molecular complexity index is 1050. The third-order valence-corrected chi connectivity index (χ3v) is 4.43. The molecule has 0 bridgehead atoms. The Morgan fingerprint density at radius 2 is 2.04 bits per heavy atom. The number of benzene rings is 2. The van der Waals surface area contributed by atoms with Crippen LogP contribution in [0.15, 0.2) is 60.9 Å². The molecule has 25 heavy (non-hydrogen) atoms. The topological polar surface area (TPSA) is 59.0 Å². The summed E-state index contributed by atoms with van der Waals surface area (Å²) in [5.41, 5.74) is 2.76. The first kappa shape index (κ1) is 15.3. The van der Waals surface area contributed by atoms with Crippen molar-refractivity contribution in [2.75, 3.05) is 13.7 Å². The second-order valence-corrected chi connectivity index (χ2v) is 5.97. The van der Waals surface area contributed by atoms with Gasteiger partial charge in [-0.05, 0) is 47.9 Å². The highest BCUT2D eigenvalue weighted by Gasteiger charge is 2.07. The number of nitrogens with one attached hydrogen (secondary N) is 2. The number of rotatable bonds is 5. The van der Waals surface area contributed by atoms with Gasteiger partial charge in [-0.1, -0.05) is 6.07 Å². The minimum atomic E-state index is -0.0605. The number of hydrogen-bond donors (Lipinski definition) is 2. The van der Waals surface area contributed by atoms with E-state index in [-0.39, 0.29) is 5.91 Å². The molecule has 0 saturated carbocycles. The number of H-pyrrole nitrogens is 1. The number of ether oxygens (including phenoxy) is 1. The normalized spacial score (nSPS) is 11.1. The number of methoxy groups -OCH3 is 1. The second-order valence-electron chi connectivity index (χ2n) is 5.97. The molecular formula is C20H19N3O2. The zero-order valence-electron chi connectivity index (χ0n) is 14.0. The fourth-order valence-corrected chi connectivity index (χ4v) is 3.08. The lowest BCUT2D eigenvalue weighted by molar-refractivity contribution is 0.0952. The van der Waals surface area contributed by atoms with E-state index in [1.54, 1.807) is 7.11 Å². The van der Waals surface area contributed by atoms with E-state index >= 15 is 0 Å². The van der Waals surface area contributed by atoms with E-state index in [1.165, 1.54) is 0 Å². The first-order chi connectivity index (χ1) is 12.2. The molecule has 0 radical (unpaired) electrons. The van der Waals surface area contributed by atoms with Crippen molar-refractivity contribution in [3.63, 3.8) is 0 Å². The molecule has 0 unspecified atom stereocenters. The molecule has 4 rings (SSSR count). The highest BCUT2D eigenvalue weighted by atomic mass is 16.5. The smallest absolute Gasteiger partial charge is 0.251 e. The number of nitrogens with zero attached hydrogens (tertiary/aromatic N) is 1. The summed E-state index contributed by atoms with van der Waals surface area (Å²) in [6.45, 7) is 1.28.